The van der Waals surface area contributed by atoms with Gasteiger partial charge < -0.3 is 9.88 Å². The van der Waals surface area contributed by atoms with Crippen LogP contribution in [0.25, 0.3) is 10.9 Å². The number of sulfonamides is 1. The predicted octanol–water partition coefficient (Wildman–Crippen LogP) is 3.03. The van der Waals surface area contributed by atoms with Crippen molar-refractivity contribution in [3.63, 3.8) is 0 Å². The van der Waals surface area contributed by atoms with E-state index in [9.17, 15) is 13.2 Å². The third kappa shape index (κ3) is 3.82. The molecular formula is C21H29N3O3S. The van der Waals surface area contributed by atoms with Gasteiger partial charge in [-0.3, -0.25) is 4.79 Å². The molecule has 28 heavy (non-hydrogen) atoms. The van der Waals surface area contributed by atoms with Gasteiger partial charge in [0.15, 0.2) is 0 Å². The Labute approximate surface area is 166 Å². The Morgan fingerprint density at radius 1 is 1.07 bits per heavy atom. The first-order valence-corrected chi connectivity index (χ1v) is 11.7. The fraction of sp³-hybridized carbons (Fsp3) is 0.571. The largest absolute Gasteiger partial charge is 0.353 e. The van der Waals surface area contributed by atoms with Gasteiger partial charge in [0.05, 0.1) is 10.8 Å². The minimum Gasteiger partial charge on any atom is -0.353 e. The molecule has 0 unspecified atom stereocenters. The van der Waals surface area contributed by atoms with Crippen molar-refractivity contribution >= 4 is 26.8 Å². The molecule has 2 aromatic rings. The van der Waals surface area contributed by atoms with Crippen LogP contribution in [-0.2, 0) is 21.9 Å². The number of nitrogens with one attached hydrogen (secondary N) is 1. The van der Waals surface area contributed by atoms with E-state index in [2.05, 4.69) is 5.32 Å². The van der Waals surface area contributed by atoms with Gasteiger partial charge in [0, 0.05) is 43.3 Å². The maximum Gasteiger partial charge on any atom is 0.243 e. The molecule has 1 saturated carbocycles. The Bertz CT molecular complexity index is 960. The molecule has 0 bridgehead atoms. The number of aromatic nitrogens is 1. The topological polar surface area (TPSA) is 71.4 Å². The van der Waals surface area contributed by atoms with Crippen LogP contribution >= 0.6 is 0 Å². The molecule has 1 aliphatic carbocycles. The molecule has 4 rings (SSSR count). The summed E-state index contributed by atoms with van der Waals surface area (Å²) in [6, 6.07) is 7.43. The number of fused-ring (bicyclic) bond motifs is 1. The molecule has 2 aliphatic rings. The van der Waals surface area contributed by atoms with Gasteiger partial charge in [-0.05, 0) is 49.9 Å². The Kier molecular flexibility index (Phi) is 5.47. The second kappa shape index (κ2) is 7.87. The van der Waals surface area contributed by atoms with Crippen molar-refractivity contribution in [3.05, 3.63) is 30.5 Å². The summed E-state index contributed by atoms with van der Waals surface area (Å²) in [4.78, 5) is 13.0. The number of aryl methyl sites for hydroxylation is 1. The van der Waals surface area contributed by atoms with Crippen LogP contribution in [0.1, 0.15) is 44.9 Å². The summed E-state index contributed by atoms with van der Waals surface area (Å²) >= 11 is 0. The van der Waals surface area contributed by atoms with Crippen LogP contribution in [0.3, 0.4) is 0 Å². The molecule has 7 heteroatoms. The number of nitrogens with zero attached hydrogens (tertiary/aromatic N) is 2. The zero-order valence-electron chi connectivity index (χ0n) is 16.4. The van der Waals surface area contributed by atoms with Crippen LogP contribution in [0.5, 0.6) is 0 Å². The van der Waals surface area contributed by atoms with Gasteiger partial charge in [-0.25, -0.2) is 8.42 Å². The van der Waals surface area contributed by atoms with Crippen LogP contribution < -0.4 is 5.32 Å². The van der Waals surface area contributed by atoms with Crippen molar-refractivity contribution in [2.45, 2.75) is 55.9 Å². The monoisotopic (exact) mass is 403 g/mol. The highest BCUT2D eigenvalue weighted by Crippen LogP contribution is 2.27. The minimum atomic E-state index is -3.60. The van der Waals surface area contributed by atoms with E-state index in [1.165, 1.54) is 10.7 Å². The highest BCUT2D eigenvalue weighted by atomic mass is 32.2. The summed E-state index contributed by atoms with van der Waals surface area (Å²) in [6.45, 7) is 0.746. The van der Waals surface area contributed by atoms with Gasteiger partial charge in [0.1, 0.15) is 0 Å². The SMILES string of the molecule is Cn1ccc2cc(S(=O)(=O)N3CCC[C@H](C(=O)NC4CCCCC4)C3)ccc21. The lowest BCUT2D eigenvalue weighted by molar-refractivity contribution is -0.127. The zero-order valence-corrected chi connectivity index (χ0v) is 17.2. The number of carbonyl (C=O) groups is 1. The van der Waals surface area contributed by atoms with Crippen molar-refractivity contribution in [1.82, 2.24) is 14.2 Å². The van der Waals surface area contributed by atoms with Gasteiger partial charge in [0.25, 0.3) is 0 Å². The maximum atomic E-state index is 13.2. The predicted molar refractivity (Wildman–Crippen MR) is 109 cm³/mol. The first kappa shape index (κ1) is 19.5. The minimum absolute atomic E-state index is 0.0188. The van der Waals surface area contributed by atoms with Crippen molar-refractivity contribution < 1.29 is 13.2 Å². The molecule has 2 fully saturated rings. The van der Waals surface area contributed by atoms with E-state index in [1.54, 1.807) is 12.1 Å². The molecule has 1 aromatic heterocycles. The highest BCUT2D eigenvalue weighted by Gasteiger charge is 2.34. The number of hydrogen-bond acceptors (Lipinski definition) is 3. The molecule has 1 amide bonds. The van der Waals surface area contributed by atoms with Crippen LogP contribution in [0.15, 0.2) is 35.4 Å². The second-order valence-electron chi connectivity index (χ2n) is 8.19. The average Bonchev–Trinajstić information content (AvgIpc) is 3.09. The van der Waals surface area contributed by atoms with Gasteiger partial charge in [-0.15, -0.1) is 0 Å². The molecule has 1 aliphatic heterocycles. The fourth-order valence-corrected chi connectivity index (χ4v) is 6.07. The van der Waals surface area contributed by atoms with E-state index in [0.29, 0.717) is 11.4 Å². The first-order valence-electron chi connectivity index (χ1n) is 10.3. The molecule has 1 atom stereocenters. The number of piperidine rings is 1. The number of carbonyl (C=O) groups excluding carboxylic acids is 1. The van der Waals surface area contributed by atoms with Gasteiger partial charge in [-0.2, -0.15) is 4.31 Å². The van der Waals surface area contributed by atoms with Crippen molar-refractivity contribution in [3.8, 4) is 0 Å². The third-order valence-corrected chi connectivity index (χ3v) is 8.06. The van der Waals surface area contributed by atoms with E-state index in [-0.39, 0.29) is 24.4 Å². The molecule has 1 N–H and O–H groups in total. The third-order valence-electron chi connectivity index (χ3n) is 6.20. The summed E-state index contributed by atoms with van der Waals surface area (Å²) in [5, 5.41) is 4.07. The normalized spacial score (nSPS) is 22.4. The summed E-state index contributed by atoms with van der Waals surface area (Å²) in [7, 11) is -1.66. The van der Waals surface area contributed by atoms with Crippen LogP contribution in [0, 0.1) is 5.92 Å². The lowest BCUT2D eigenvalue weighted by Crippen LogP contribution is -2.47. The molecule has 0 radical (unpaired) electrons. The molecule has 6 nitrogen and oxygen atoms in total. The highest BCUT2D eigenvalue weighted by molar-refractivity contribution is 7.89. The van der Waals surface area contributed by atoms with Gasteiger partial charge in [0.2, 0.25) is 15.9 Å². The average molecular weight is 404 g/mol. The molecular weight excluding hydrogens is 374 g/mol. The van der Waals surface area contributed by atoms with Crippen LogP contribution in [0.2, 0.25) is 0 Å². The molecule has 2 heterocycles. The van der Waals surface area contributed by atoms with Gasteiger partial charge >= 0.3 is 0 Å². The number of rotatable bonds is 4. The summed E-state index contributed by atoms with van der Waals surface area (Å²) < 4.78 is 29.8. The Morgan fingerprint density at radius 2 is 1.86 bits per heavy atom. The van der Waals surface area contributed by atoms with E-state index in [4.69, 9.17) is 0 Å². The van der Waals surface area contributed by atoms with E-state index in [0.717, 1.165) is 49.4 Å². The molecule has 1 aromatic carbocycles. The van der Waals surface area contributed by atoms with Crippen LogP contribution in [0.4, 0.5) is 0 Å². The lowest BCUT2D eigenvalue weighted by atomic mass is 9.93. The first-order chi connectivity index (χ1) is 13.4. The lowest BCUT2D eigenvalue weighted by Gasteiger charge is -2.32. The quantitative estimate of drug-likeness (QED) is 0.853. The Hall–Kier alpha value is -1.86. The summed E-state index contributed by atoms with van der Waals surface area (Å²) in [6.07, 6.45) is 9.05. The summed E-state index contributed by atoms with van der Waals surface area (Å²) in [5.74, 6) is -0.240. The number of hydrogen-bond donors (Lipinski definition) is 1. The van der Waals surface area contributed by atoms with Crippen molar-refractivity contribution in [2.24, 2.45) is 13.0 Å². The fourth-order valence-electron chi connectivity index (χ4n) is 4.51. The molecule has 1 saturated heterocycles. The second-order valence-corrected chi connectivity index (χ2v) is 10.1. The van der Waals surface area contributed by atoms with E-state index in [1.807, 2.05) is 29.9 Å². The van der Waals surface area contributed by atoms with Crippen LogP contribution in [-0.4, -0.2) is 42.3 Å². The zero-order chi connectivity index (χ0) is 19.7. The maximum absolute atomic E-state index is 13.2. The molecule has 152 valence electrons. The standard InChI is InChI=1S/C21H29N3O3S/c1-23-13-11-16-14-19(9-10-20(16)23)28(26,27)24-12-5-6-17(15-24)21(25)22-18-7-3-2-4-8-18/h9-11,13-14,17-18H,2-8,12,15H2,1H3,(H,22,25)/t17-/m0/s1. The number of benzene rings is 1. The van der Waals surface area contributed by atoms with Crippen molar-refractivity contribution in [2.75, 3.05) is 13.1 Å². The molecule has 0 spiro atoms. The smallest absolute Gasteiger partial charge is 0.243 e. The Morgan fingerprint density at radius 3 is 2.64 bits per heavy atom. The van der Waals surface area contributed by atoms with Gasteiger partial charge in [-0.1, -0.05) is 19.3 Å². The van der Waals surface area contributed by atoms with E-state index < -0.39 is 10.0 Å². The van der Waals surface area contributed by atoms with E-state index >= 15 is 0 Å². The number of amides is 1. The van der Waals surface area contributed by atoms with Crippen molar-refractivity contribution in [1.29, 1.82) is 0 Å². The Balaban J connectivity index is 1.48. The summed E-state index contributed by atoms with van der Waals surface area (Å²) in [5.41, 5.74) is 1.00.